The van der Waals surface area contributed by atoms with Crippen molar-refractivity contribution in [1.82, 2.24) is 19.9 Å². The first-order valence-corrected chi connectivity index (χ1v) is 8.44. The molecule has 24 heavy (non-hydrogen) atoms. The van der Waals surface area contributed by atoms with Gasteiger partial charge in [0, 0.05) is 50.7 Å². The Bertz CT molecular complexity index is 656. The highest BCUT2D eigenvalue weighted by Crippen LogP contribution is 2.15. The maximum absolute atomic E-state index is 12.5. The lowest BCUT2D eigenvalue weighted by molar-refractivity contribution is -0.132. The van der Waals surface area contributed by atoms with Crippen LogP contribution < -0.4 is 0 Å². The molecule has 0 atom stereocenters. The first-order valence-electron chi connectivity index (χ1n) is 8.44. The van der Waals surface area contributed by atoms with Crippen molar-refractivity contribution >= 4 is 5.91 Å². The van der Waals surface area contributed by atoms with Gasteiger partial charge in [0.15, 0.2) is 0 Å². The van der Waals surface area contributed by atoms with Gasteiger partial charge in [-0.15, -0.1) is 0 Å². The quantitative estimate of drug-likeness (QED) is 0.834. The number of hydrogen-bond donors (Lipinski definition) is 0. The van der Waals surface area contributed by atoms with Crippen LogP contribution in [0.3, 0.4) is 0 Å². The second-order valence-electron chi connectivity index (χ2n) is 6.31. The molecule has 3 heterocycles. The molecule has 0 unspecified atom stereocenters. The number of hydrogen-bond acceptors (Lipinski definition) is 5. The molecule has 128 valence electrons. The Balaban J connectivity index is 1.45. The standard InChI is InChI=1S/C18H24N4O2/c1-14-17(15(2)24-20-14)13-18(23)22-11-9-21(10-12-22)8-5-16-3-6-19-7-4-16/h3-4,6-7H,5,8-13H2,1-2H3. The van der Waals surface area contributed by atoms with Crippen LogP contribution in [0.4, 0.5) is 0 Å². The molecule has 2 aromatic heterocycles. The predicted octanol–water partition coefficient (Wildman–Crippen LogP) is 1.62. The van der Waals surface area contributed by atoms with E-state index in [1.165, 1.54) is 5.56 Å². The number of pyridine rings is 1. The number of aromatic nitrogens is 2. The van der Waals surface area contributed by atoms with E-state index in [1.807, 2.05) is 31.1 Å². The first kappa shape index (κ1) is 16.6. The molecule has 1 aliphatic rings. The first-order chi connectivity index (χ1) is 11.6. The predicted molar refractivity (Wildman–Crippen MR) is 90.6 cm³/mol. The number of carbonyl (C=O) groups excluding carboxylic acids is 1. The van der Waals surface area contributed by atoms with Crippen molar-refractivity contribution in [3.63, 3.8) is 0 Å². The van der Waals surface area contributed by atoms with Crippen LogP contribution in [0.2, 0.25) is 0 Å². The summed E-state index contributed by atoms with van der Waals surface area (Å²) in [7, 11) is 0. The van der Waals surface area contributed by atoms with E-state index in [4.69, 9.17) is 4.52 Å². The third kappa shape index (κ3) is 4.00. The fourth-order valence-electron chi connectivity index (χ4n) is 3.07. The lowest BCUT2D eigenvalue weighted by atomic mass is 10.1. The molecule has 0 N–H and O–H groups in total. The van der Waals surface area contributed by atoms with Crippen LogP contribution in [0.5, 0.6) is 0 Å². The van der Waals surface area contributed by atoms with Gasteiger partial charge in [-0.05, 0) is 38.0 Å². The topological polar surface area (TPSA) is 62.5 Å². The Morgan fingerprint density at radius 2 is 1.88 bits per heavy atom. The SMILES string of the molecule is Cc1noc(C)c1CC(=O)N1CCN(CCc2ccncc2)CC1. The lowest BCUT2D eigenvalue weighted by Gasteiger charge is -2.34. The van der Waals surface area contributed by atoms with Gasteiger partial charge in [-0.2, -0.15) is 0 Å². The van der Waals surface area contributed by atoms with Crippen LogP contribution in [-0.2, 0) is 17.6 Å². The molecule has 3 rings (SSSR count). The maximum Gasteiger partial charge on any atom is 0.227 e. The lowest BCUT2D eigenvalue weighted by Crippen LogP contribution is -2.49. The largest absolute Gasteiger partial charge is 0.361 e. The van der Waals surface area contributed by atoms with Gasteiger partial charge in [0.2, 0.25) is 5.91 Å². The van der Waals surface area contributed by atoms with E-state index in [9.17, 15) is 4.79 Å². The summed E-state index contributed by atoms with van der Waals surface area (Å²) >= 11 is 0. The van der Waals surface area contributed by atoms with E-state index < -0.39 is 0 Å². The fraction of sp³-hybridized carbons (Fsp3) is 0.500. The van der Waals surface area contributed by atoms with Crippen LogP contribution >= 0.6 is 0 Å². The van der Waals surface area contributed by atoms with Crippen LogP contribution in [0.15, 0.2) is 29.0 Å². The molecule has 0 saturated carbocycles. The van der Waals surface area contributed by atoms with Gasteiger partial charge in [0.05, 0.1) is 12.1 Å². The van der Waals surface area contributed by atoms with E-state index in [2.05, 4.69) is 27.2 Å². The minimum absolute atomic E-state index is 0.165. The molecule has 1 aliphatic heterocycles. The second-order valence-corrected chi connectivity index (χ2v) is 6.31. The van der Waals surface area contributed by atoms with Gasteiger partial charge in [-0.3, -0.25) is 14.7 Å². The van der Waals surface area contributed by atoms with Crippen molar-refractivity contribution in [2.75, 3.05) is 32.7 Å². The Kier molecular flexibility index (Phi) is 5.25. The van der Waals surface area contributed by atoms with Gasteiger partial charge in [-0.25, -0.2) is 0 Å². The van der Waals surface area contributed by atoms with Crippen molar-refractivity contribution < 1.29 is 9.32 Å². The zero-order valence-corrected chi connectivity index (χ0v) is 14.4. The minimum atomic E-state index is 0.165. The van der Waals surface area contributed by atoms with Crippen molar-refractivity contribution in [3.8, 4) is 0 Å². The maximum atomic E-state index is 12.5. The minimum Gasteiger partial charge on any atom is -0.361 e. The van der Waals surface area contributed by atoms with Gasteiger partial charge in [0.25, 0.3) is 0 Å². The number of amides is 1. The molecule has 0 bridgehead atoms. The molecule has 2 aromatic rings. The highest BCUT2D eigenvalue weighted by atomic mass is 16.5. The summed E-state index contributed by atoms with van der Waals surface area (Å²) in [4.78, 5) is 20.9. The van der Waals surface area contributed by atoms with Crippen molar-refractivity contribution in [2.45, 2.75) is 26.7 Å². The van der Waals surface area contributed by atoms with Gasteiger partial charge < -0.3 is 9.42 Å². The molecule has 0 aliphatic carbocycles. The average molecular weight is 328 g/mol. The van der Waals surface area contributed by atoms with Crippen molar-refractivity contribution in [1.29, 1.82) is 0 Å². The fourth-order valence-corrected chi connectivity index (χ4v) is 3.07. The van der Waals surface area contributed by atoms with Crippen LogP contribution in [-0.4, -0.2) is 58.6 Å². The zero-order valence-electron chi connectivity index (χ0n) is 14.4. The number of nitrogens with zero attached hydrogens (tertiary/aromatic N) is 4. The second kappa shape index (κ2) is 7.57. The summed E-state index contributed by atoms with van der Waals surface area (Å²) in [6.07, 6.45) is 5.08. The molecular weight excluding hydrogens is 304 g/mol. The molecular formula is C18H24N4O2. The molecule has 1 saturated heterocycles. The summed E-state index contributed by atoms with van der Waals surface area (Å²) in [5.74, 6) is 0.912. The Morgan fingerprint density at radius 1 is 1.17 bits per heavy atom. The summed E-state index contributed by atoms with van der Waals surface area (Å²) in [5, 5.41) is 3.92. The smallest absolute Gasteiger partial charge is 0.227 e. The zero-order chi connectivity index (χ0) is 16.9. The summed E-state index contributed by atoms with van der Waals surface area (Å²) in [6, 6.07) is 4.12. The van der Waals surface area contributed by atoms with E-state index in [1.54, 1.807) is 0 Å². The van der Waals surface area contributed by atoms with Crippen LogP contribution in [0.25, 0.3) is 0 Å². The average Bonchev–Trinajstić information content (AvgIpc) is 2.93. The summed E-state index contributed by atoms with van der Waals surface area (Å²) in [5.41, 5.74) is 3.05. The number of carbonyl (C=O) groups is 1. The molecule has 0 aromatic carbocycles. The molecule has 6 heteroatoms. The number of rotatable bonds is 5. The Labute approximate surface area is 142 Å². The van der Waals surface area contributed by atoms with Gasteiger partial charge in [-0.1, -0.05) is 5.16 Å². The Morgan fingerprint density at radius 3 is 2.50 bits per heavy atom. The summed E-state index contributed by atoms with van der Waals surface area (Å²) in [6.45, 7) is 8.21. The van der Waals surface area contributed by atoms with Gasteiger partial charge in [0.1, 0.15) is 5.76 Å². The number of piperazine rings is 1. The molecule has 1 fully saturated rings. The third-order valence-corrected chi connectivity index (χ3v) is 4.70. The molecule has 1 amide bonds. The van der Waals surface area contributed by atoms with Crippen LogP contribution in [0.1, 0.15) is 22.6 Å². The van der Waals surface area contributed by atoms with E-state index in [-0.39, 0.29) is 5.91 Å². The third-order valence-electron chi connectivity index (χ3n) is 4.70. The summed E-state index contributed by atoms with van der Waals surface area (Å²) < 4.78 is 5.14. The monoisotopic (exact) mass is 328 g/mol. The highest BCUT2D eigenvalue weighted by Gasteiger charge is 2.23. The van der Waals surface area contributed by atoms with Gasteiger partial charge >= 0.3 is 0 Å². The van der Waals surface area contributed by atoms with E-state index >= 15 is 0 Å². The van der Waals surface area contributed by atoms with Crippen molar-refractivity contribution in [3.05, 3.63) is 47.1 Å². The Hall–Kier alpha value is -2.21. The molecule has 6 nitrogen and oxygen atoms in total. The van der Waals surface area contributed by atoms with Crippen LogP contribution in [0, 0.1) is 13.8 Å². The highest BCUT2D eigenvalue weighted by molar-refractivity contribution is 5.79. The van der Waals surface area contributed by atoms with E-state index in [0.717, 1.165) is 56.2 Å². The van der Waals surface area contributed by atoms with E-state index in [0.29, 0.717) is 6.42 Å². The molecule has 0 spiro atoms. The number of aryl methyl sites for hydroxylation is 2. The van der Waals surface area contributed by atoms with Crippen molar-refractivity contribution in [2.24, 2.45) is 0 Å². The molecule has 0 radical (unpaired) electrons. The normalized spacial score (nSPS) is 15.7.